The molecule has 3 aromatic heterocycles. The Hall–Kier alpha value is -3.48. The summed E-state index contributed by atoms with van der Waals surface area (Å²) in [6.07, 6.45) is 2.79. The van der Waals surface area contributed by atoms with Crippen LogP contribution in [0.5, 0.6) is 16.8 Å². The van der Waals surface area contributed by atoms with Crippen molar-refractivity contribution in [2.24, 2.45) is 5.73 Å². The van der Waals surface area contributed by atoms with Crippen molar-refractivity contribution in [3.8, 4) is 16.8 Å². The van der Waals surface area contributed by atoms with Crippen molar-refractivity contribution in [3.63, 3.8) is 0 Å². The lowest BCUT2D eigenvalue weighted by atomic mass is 9.92. The number of nitrogens with two attached hydrogens (primary N) is 1. The molecular formula is C21H23F2N5O5S. The van der Waals surface area contributed by atoms with Gasteiger partial charge in [-0.3, -0.25) is 9.59 Å². The highest BCUT2D eigenvalue weighted by molar-refractivity contribution is 7.15. The summed E-state index contributed by atoms with van der Waals surface area (Å²) in [5.74, 6) is -0.498. The Morgan fingerprint density at radius 1 is 1.29 bits per heavy atom. The summed E-state index contributed by atoms with van der Waals surface area (Å²) < 4.78 is 42.0. The summed E-state index contributed by atoms with van der Waals surface area (Å²) in [7, 11) is 1.45. The van der Waals surface area contributed by atoms with E-state index >= 15 is 0 Å². The van der Waals surface area contributed by atoms with Crippen LogP contribution in [0.3, 0.4) is 0 Å². The van der Waals surface area contributed by atoms with Gasteiger partial charge in [0.2, 0.25) is 5.88 Å². The Labute approximate surface area is 197 Å². The molecule has 10 nitrogen and oxygen atoms in total. The molecule has 1 aliphatic carbocycles. The molecule has 0 radical (unpaired) electrons. The van der Waals surface area contributed by atoms with E-state index in [-0.39, 0.29) is 34.6 Å². The number of methoxy groups -OCH3 is 1. The second kappa shape index (κ2) is 10.2. The molecule has 4 rings (SSSR count). The number of carbonyl (C=O) groups excluding carboxylic acids is 2. The van der Waals surface area contributed by atoms with Crippen LogP contribution >= 0.6 is 11.3 Å². The van der Waals surface area contributed by atoms with E-state index in [0.29, 0.717) is 42.0 Å². The number of aromatic nitrogens is 3. The number of nitrogens with zero attached hydrogens (tertiary/aromatic N) is 3. The molecular weight excluding hydrogens is 472 g/mol. The van der Waals surface area contributed by atoms with Crippen LogP contribution in [0, 0.1) is 0 Å². The molecule has 1 aliphatic rings. The number of hydrogen-bond acceptors (Lipinski definition) is 8. The lowest BCUT2D eigenvalue weighted by molar-refractivity contribution is 0.0816. The maximum atomic E-state index is 12.8. The van der Waals surface area contributed by atoms with Crippen molar-refractivity contribution < 1.29 is 32.6 Å². The van der Waals surface area contributed by atoms with E-state index < -0.39 is 18.9 Å². The van der Waals surface area contributed by atoms with Crippen molar-refractivity contribution in [1.29, 1.82) is 0 Å². The van der Waals surface area contributed by atoms with E-state index in [1.807, 2.05) is 0 Å². The lowest BCUT2D eigenvalue weighted by Gasteiger charge is -2.29. The molecule has 182 valence electrons. The number of fused-ring (bicyclic) bond motifs is 1. The number of primary amides is 1. The van der Waals surface area contributed by atoms with Crippen LogP contribution in [-0.4, -0.2) is 58.7 Å². The van der Waals surface area contributed by atoms with Gasteiger partial charge < -0.3 is 25.3 Å². The molecule has 0 unspecified atom stereocenters. The SMILES string of the molecule is COc1nc(OC2CCC(NC(=O)c3cnn4cc(OCC(F)F)ccc34)CC2)c(C(N)=O)s1. The molecule has 0 bridgehead atoms. The van der Waals surface area contributed by atoms with Crippen molar-refractivity contribution in [1.82, 2.24) is 19.9 Å². The molecule has 0 atom stereocenters. The van der Waals surface area contributed by atoms with Gasteiger partial charge in [0.15, 0.2) is 4.88 Å². The Bertz CT molecular complexity index is 1180. The number of halogens is 2. The third-order valence-corrected chi connectivity index (χ3v) is 6.38. The lowest BCUT2D eigenvalue weighted by Crippen LogP contribution is -2.39. The molecule has 34 heavy (non-hydrogen) atoms. The minimum atomic E-state index is -2.58. The summed E-state index contributed by atoms with van der Waals surface area (Å²) in [5.41, 5.74) is 6.30. The molecule has 2 amide bonds. The van der Waals surface area contributed by atoms with Crippen molar-refractivity contribution in [2.45, 2.75) is 44.3 Å². The minimum absolute atomic E-state index is 0.0588. The number of nitrogens with one attached hydrogen (secondary N) is 1. The van der Waals surface area contributed by atoms with E-state index in [1.54, 1.807) is 6.07 Å². The molecule has 3 aromatic rings. The number of carbonyl (C=O) groups is 2. The zero-order chi connectivity index (χ0) is 24.2. The highest BCUT2D eigenvalue weighted by atomic mass is 32.1. The van der Waals surface area contributed by atoms with E-state index in [4.69, 9.17) is 19.9 Å². The van der Waals surface area contributed by atoms with Crippen LogP contribution in [0.2, 0.25) is 0 Å². The van der Waals surface area contributed by atoms with Crippen LogP contribution in [0.1, 0.15) is 45.7 Å². The van der Waals surface area contributed by atoms with Gasteiger partial charge in [-0.15, -0.1) is 0 Å². The average molecular weight is 496 g/mol. The van der Waals surface area contributed by atoms with Gasteiger partial charge in [-0.25, -0.2) is 13.3 Å². The highest BCUT2D eigenvalue weighted by Crippen LogP contribution is 2.33. The number of alkyl halides is 2. The number of rotatable bonds is 9. The van der Waals surface area contributed by atoms with Crippen LogP contribution in [0.4, 0.5) is 8.78 Å². The zero-order valence-corrected chi connectivity index (χ0v) is 19.0. The van der Waals surface area contributed by atoms with Gasteiger partial charge in [0.25, 0.3) is 23.4 Å². The van der Waals surface area contributed by atoms with Gasteiger partial charge in [0.1, 0.15) is 18.5 Å². The second-order valence-electron chi connectivity index (χ2n) is 7.70. The summed E-state index contributed by atoms with van der Waals surface area (Å²) in [6.45, 7) is -0.716. The Morgan fingerprint density at radius 2 is 2.06 bits per heavy atom. The number of hydrogen-bond donors (Lipinski definition) is 2. The Morgan fingerprint density at radius 3 is 2.74 bits per heavy atom. The first-order valence-electron chi connectivity index (χ1n) is 10.5. The molecule has 0 spiro atoms. The molecule has 0 saturated heterocycles. The Balaban J connectivity index is 1.33. The largest absolute Gasteiger partial charge is 0.486 e. The van der Waals surface area contributed by atoms with E-state index in [0.717, 1.165) is 11.3 Å². The van der Waals surface area contributed by atoms with Crippen molar-refractivity contribution in [3.05, 3.63) is 35.0 Å². The molecule has 0 aliphatic heterocycles. The average Bonchev–Trinajstić information content (AvgIpc) is 3.42. The molecule has 3 N–H and O–H groups in total. The number of pyridine rings is 1. The molecule has 1 fully saturated rings. The van der Waals surface area contributed by atoms with Crippen molar-refractivity contribution >= 4 is 28.7 Å². The fourth-order valence-corrected chi connectivity index (χ4v) is 4.41. The first-order chi connectivity index (χ1) is 16.3. The van der Waals surface area contributed by atoms with E-state index in [2.05, 4.69) is 15.4 Å². The van der Waals surface area contributed by atoms with Gasteiger partial charge in [0, 0.05) is 6.04 Å². The monoisotopic (exact) mass is 495 g/mol. The summed E-state index contributed by atoms with van der Waals surface area (Å²) in [4.78, 5) is 28.8. The standard InChI is InChI=1S/C21H23F2N5O5S/c1-31-21-27-20(17(34-21)18(24)29)33-12-4-2-11(3-5-12)26-19(30)14-8-25-28-9-13(6-7-15(14)28)32-10-16(22)23/h6-9,11-12,16H,2-5,10H2,1H3,(H2,24,29)(H,26,30). The summed E-state index contributed by atoms with van der Waals surface area (Å²) in [6, 6.07) is 3.06. The fraction of sp³-hybridized carbons (Fsp3) is 0.429. The van der Waals surface area contributed by atoms with Crippen molar-refractivity contribution in [2.75, 3.05) is 13.7 Å². The number of thiazole rings is 1. The van der Waals surface area contributed by atoms with E-state index in [9.17, 15) is 18.4 Å². The smallest absolute Gasteiger partial charge is 0.277 e. The number of amides is 2. The third kappa shape index (κ3) is 5.35. The fourth-order valence-electron chi connectivity index (χ4n) is 3.74. The second-order valence-corrected chi connectivity index (χ2v) is 8.66. The number of ether oxygens (including phenoxy) is 3. The zero-order valence-electron chi connectivity index (χ0n) is 18.2. The predicted octanol–water partition coefficient (Wildman–Crippen LogP) is 2.66. The van der Waals surface area contributed by atoms with Gasteiger partial charge >= 0.3 is 0 Å². The van der Waals surface area contributed by atoms with Gasteiger partial charge in [-0.05, 0) is 37.8 Å². The Kier molecular flexibility index (Phi) is 7.10. The highest BCUT2D eigenvalue weighted by Gasteiger charge is 2.27. The predicted molar refractivity (Wildman–Crippen MR) is 118 cm³/mol. The van der Waals surface area contributed by atoms with Crippen LogP contribution in [0.25, 0.3) is 5.52 Å². The van der Waals surface area contributed by atoms with E-state index in [1.165, 1.54) is 30.1 Å². The minimum Gasteiger partial charge on any atom is -0.486 e. The molecule has 3 heterocycles. The quantitative estimate of drug-likeness (QED) is 0.467. The summed E-state index contributed by atoms with van der Waals surface area (Å²) >= 11 is 1.03. The van der Waals surface area contributed by atoms with Crippen LogP contribution in [0.15, 0.2) is 24.5 Å². The first-order valence-corrected chi connectivity index (χ1v) is 11.4. The molecule has 0 aromatic carbocycles. The first kappa shape index (κ1) is 23.7. The maximum Gasteiger partial charge on any atom is 0.277 e. The normalized spacial score (nSPS) is 18.1. The third-order valence-electron chi connectivity index (χ3n) is 5.37. The maximum absolute atomic E-state index is 12.8. The topological polar surface area (TPSA) is 130 Å². The van der Waals surface area contributed by atoms with Crippen LogP contribution in [-0.2, 0) is 0 Å². The molecule has 13 heteroatoms. The molecule has 1 saturated carbocycles. The van der Waals surface area contributed by atoms with Gasteiger partial charge in [-0.1, -0.05) is 11.3 Å². The van der Waals surface area contributed by atoms with Gasteiger partial charge in [-0.2, -0.15) is 10.1 Å². The van der Waals surface area contributed by atoms with Crippen LogP contribution < -0.4 is 25.3 Å². The van der Waals surface area contributed by atoms with Gasteiger partial charge in [0.05, 0.1) is 30.6 Å². The summed E-state index contributed by atoms with van der Waals surface area (Å²) in [5, 5.41) is 7.43.